The van der Waals surface area contributed by atoms with Crippen LogP contribution in [-0.2, 0) is 9.59 Å². The van der Waals surface area contributed by atoms with E-state index in [2.05, 4.69) is 0 Å². The molecule has 18 heavy (non-hydrogen) atoms. The summed E-state index contributed by atoms with van der Waals surface area (Å²) in [6.45, 7) is 1.32. The fraction of sp³-hybridized carbons (Fsp3) is 0.385. The third-order valence-electron chi connectivity index (χ3n) is 3.12. The number of amides is 2. The molecule has 1 aromatic rings. The first kappa shape index (κ1) is 12.4. The molecule has 1 aliphatic heterocycles. The van der Waals surface area contributed by atoms with Crippen LogP contribution in [0.3, 0.4) is 0 Å². The number of anilines is 1. The summed E-state index contributed by atoms with van der Waals surface area (Å²) in [5, 5.41) is 9.18. The summed E-state index contributed by atoms with van der Waals surface area (Å²) in [4.78, 5) is 26.8. The van der Waals surface area contributed by atoms with Crippen LogP contribution in [0.15, 0.2) is 24.3 Å². The highest BCUT2D eigenvalue weighted by molar-refractivity contribution is 6.40. The van der Waals surface area contributed by atoms with E-state index in [-0.39, 0.29) is 5.75 Å². The van der Waals surface area contributed by atoms with E-state index in [0.717, 1.165) is 12.8 Å². The Hall–Kier alpha value is -2.04. The maximum Gasteiger partial charge on any atom is 0.316 e. The minimum Gasteiger partial charge on any atom is -0.508 e. The molecular weight excluding hydrogens is 232 g/mol. The van der Waals surface area contributed by atoms with Gasteiger partial charge in [0.1, 0.15) is 5.75 Å². The van der Waals surface area contributed by atoms with E-state index in [9.17, 15) is 14.7 Å². The van der Waals surface area contributed by atoms with Gasteiger partial charge in [0.2, 0.25) is 0 Å². The van der Waals surface area contributed by atoms with Crippen LogP contribution >= 0.6 is 0 Å². The monoisotopic (exact) mass is 248 g/mol. The summed E-state index contributed by atoms with van der Waals surface area (Å²) in [5.41, 5.74) is 0.588. The van der Waals surface area contributed by atoms with Gasteiger partial charge in [-0.15, -0.1) is 0 Å². The molecule has 1 heterocycles. The zero-order valence-corrected chi connectivity index (χ0v) is 10.3. The summed E-state index contributed by atoms with van der Waals surface area (Å²) < 4.78 is 0. The van der Waals surface area contributed by atoms with Crippen molar-refractivity contribution in [3.05, 3.63) is 24.3 Å². The molecule has 1 aromatic carbocycles. The average molecular weight is 248 g/mol. The lowest BCUT2D eigenvalue weighted by molar-refractivity contribution is -0.143. The van der Waals surface area contributed by atoms with Gasteiger partial charge in [-0.05, 0) is 37.1 Å². The van der Waals surface area contributed by atoms with E-state index < -0.39 is 11.8 Å². The van der Waals surface area contributed by atoms with Gasteiger partial charge in [0.05, 0.1) is 0 Å². The highest BCUT2D eigenvalue weighted by Gasteiger charge is 2.27. The van der Waals surface area contributed by atoms with E-state index in [0.29, 0.717) is 18.8 Å². The summed E-state index contributed by atoms with van der Waals surface area (Å²) in [6.07, 6.45) is 1.92. The fourth-order valence-corrected chi connectivity index (χ4v) is 1.99. The van der Waals surface area contributed by atoms with Crippen LogP contribution in [0.4, 0.5) is 5.69 Å². The summed E-state index contributed by atoms with van der Waals surface area (Å²) >= 11 is 0. The number of rotatable bonds is 1. The molecule has 0 unspecified atom stereocenters. The summed E-state index contributed by atoms with van der Waals surface area (Å²) in [7, 11) is 1.56. The Bertz CT molecular complexity index is 450. The number of hydrogen-bond donors (Lipinski definition) is 1. The minimum absolute atomic E-state index is 0.130. The lowest BCUT2D eigenvalue weighted by Gasteiger charge is -2.20. The number of hydrogen-bond acceptors (Lipinski definition) is 3. The van der Waals surface area contributed by atoms with Crippen molar-refractivity contribution in [1.29, 1.82) is 0 Å². The van der Waals surface area contributed by atoms with Crippen molar-refractivity contribution in [1.82, 2.24) is 4.90 Å². The van der Waals surface area contributed by atoms with Gasteiger partial charge in [0, 0.05) is 25.8 Å². The number of nitrogens with zero attached hydrogens (tertiary/aromatic N) is 2. The van der Waals surface area contributed by atoms with Gasteiger partial charge in [0.15, 0.2) is 0 Å². The number of phenols is 1. The molecule has 1 fully saturated rings. The molecule has 1 aliphatic rings. The van der Waals surface area contributed by atoms with Crippen molar-refractivity contribution >= 4 is 17.5 Å². The molecule has 5 nitrogen and oxygen atoms in total. The molecule has 0 aromatic heterocycles. The van der Waals surface area contributed by atoms with E-state index in [1.165, 1.54) is 17.0 Å². The molecule has 0 saturated carbocycles. The highest BCUT2D eigenvalue weighted by Crippen LogP contribution is 2.18. The number of aromatic hydroxyl groups is 1. The Labute approximate surface area is 106 Å². The zero-order chi connectivity index (χ0) is 13.1. The third kappa shape index (κ3) is 2.45. The summed E-state index contributed by atoms with van der Waals surface area (Å²) in [6, 6.07) is 6.17. The van der Waals surface area contributed by atoms with Crippen molar-refractivity contribution < 1.29 is 14.7 Å². The van der Waals surface area contributed by atoms with Gasteiger partial charge >= 0.3 is 11.8 Å². The lowest BCUT2D eigenvalue weighted by atomic mass is 10.2. The fourth-order valence-electron chi connectivity index (χ4n) is 1.99. The SMILES string of the molecule is CN(C(=O)C(=O)N1CCCC1)c1ccc(O)cc1. The van der Waals surface area contributed by atoms with Crippen molar-refractivity contribution in [2.24, 2.45) is 0 Å². The van der Waals surface area contributed by atoms with Crippen LogP contribution in [-0.4, -0.2) is 42.0 Å². The summed E-state index contributed by atoms with van der Waals surface area (Å²) in [5.74, 6) is -0.865. The molecule has 0 radical (unpaired) electrons. The predicted molar refractivity (Wildman–Crippen MR) is 67.3 cm³/mol. The van der Waals surface area contributed by atoms with Gasteiger partial charge in [-0.1, -0.05) is 0 Å². The topological polar surface area (TPSA) is 60.9 Å². The van der Waals surface area contributed by atoms with E-state index >= 15 is 0 Å². The molecule has 1 saturated heterocycles. The van der Waals surface area contributed by atoms with Crippen LogP contribution < -0.4 is 4.90 Å². The van der Waals surface area contributed by atoms with Crippen LogP contribution in [0.1, 0.15) is 12.8 Å². The van der Waals surface area contributed by atoms with Crippen molar-refractivity contribution in [3.8, 4) is 5.75 Å². The average Bonchev–Trinajstić information content (AvgIpc) is 2.91. The van der Waals surface area contributed by atoms with Crippen LogP contribution in [0.2, 0.25) is 0 Å². The first-order valence-electron chi connectivity index (χ1n) is 5.95. The smallest absolute Gasteiger partial charge is 0.316 e. The molecule has 0 atom stereocenters. The first-order chi connectivity index (χ1) is 8.59. The van der Waals surface area contributed by atoms with Crippen molar-refractivity contribution in [2.45, 2.75) is 12.8 Å². The quantitative estimate of drug-likeness (QED) is 0.753. The van der Waals surface area contributed by atoms with E-state index in [1.54, 1.807) is 24.1 Å². The second kappa shape index (κ2) is 5.08. The molecule has 96 valence electrons. The molecule has 1 N–H and O–H groups in total. The van der Waals surface area contributed by atoms with Crippen LogP contribution in [0, 0.1) is 0 Å². The Kier molecular flexibility index (Phi) is 3.50. The van der Waals surface area contributed by atoms with Gasteiger partial charge in [-0.25, -0.2) is 0 Å². The lowest BCUT2D eigenvalue weighted by Crippen LogP contribution is -2.42. The molecular formula is C13H16N2O3. The van der Waals surface area contributed by atoms with Gasteiger partial charge in [0.25, 0.3) is 0 Å². The Morgan fingerprint density at radius 1 is 1.17 bits per heavy atom. The first-order valence-corrected chi connectivity index (χ1v) is 5.95. The number of carbonyl (C=O) groups excluding carboxylic acids is 2. The second-order valence-electron chi connectivity index (χ2n) is 4.38. The van der Waals surface area contributed by atoms with Crippen molar-refractivity contribution in [2.75, 3.05) is 25.0 Å². The Balaban J connectivity index is 2.08. The molecule has 0 bridgehead atoms. The Morgan fingerprint density at radius 2 is 1.72 bits per heavy atom. The minimum atomic E-state index is -0.539. The molecule has 2 rings (SSSR count). The molecule has 2 amide bonds. The maximum atomic E-state index is 12.0. The zero-order valence-electron chi connectivity index (χ0n) is 10.3. The van der Waals surface area contributed by atoms with E-state index in [1.807, 2.05) is 0 Å². The largest absolute Gasteiger partial charge is 0.508 e. The normalized spacial score (nSPS) is 14.6. The highest BCUT2D eigenvalue weighted by atomic mass is 16.3. The molecule has 0 aliphatic carbocycles. The van der Waals surface area contributed by atoms with Gasteiger partial charge in [-0.2, -0.15) is 0 Å². The standard InChI is InChI=1S/C13H16N2O3/c1-14(10-4-6-11(16)7-5-10)12(17)13(18)15-8-2-3-9-15/h4-7,16H,2-3,8-9H2,1H3. The third-order valence-corrected chi connectivity index (χ3v) is 3.12. The van der Waals surface area contributed by atoms with Crippen LogP contribution in [0.5, 0.6) is 5.75 Å². The number of carbonyl (C=O) groups is 2. The number of likely N-dealkylation sites (N-methyl/N-ethyl adjacent to an activating group) is 1. The number of likely N-dealkylation sites (tertiary alicyclic amines) is 1. The van der Waals surface area contributed by atoms with Crippen molar-refractivity contribution in [3.63, 3.8) is 0 Å². The van der Waals surface area contributed by atoms with E-state index in [4.69, 9.17) is 0 Å². The molecule has 5 heteroatoms. The van der Waals surface area contributed by atoms with Gasteiger partial charge in [-0.3, -0.25) is 9.59 Å². The maximum absolute atomic E-state index is 12.0. The number of phenolic OH excluding ortho intramolecular Hbond substituents is 1. The predicted octanol–water partition coefficient (Wildman–Crippen LogP) is 0.977. The molecule has 0 spiro atoms. The second-order valence-corrected chi connectivity index (χ2v) is 4.38. The van der Waals surface area contributed by atoms with Gasteiger partial charge < -0.3 is 14.9 Å². The number of benzene rings is 1. The van der Waals surface area contributed by atoms with Crippen LogP contribution in [0.25, 0.3) is 0 Å². The Morgan fingerprint density at radius 3 is 2.28 bits per heavy atom.